The summed E-state index contributed by atoms with van der Waals surface area (Å²) < 4.78 is 36.5. The molecule has 2 aromatic carbocycles. The minimum absolute atomic E-state index is 0.0175. The van der Waals surface area contributed by atoms with Crippen molar-refractivity contribution in [2.75, 3.05) is 18.1 Å². The fourth-order valence-corrected chi connectivity index (χ4v) is 4.82. The number of anilines is 1. The van der Waals surface area contributed by atoms with Crippen LogP contribution in [0.5, 0.6) is 11.8 Å². The van der Waals surface area contributed by atoms with Crippen LogP contribution in [0.2, 0.25) is 5.02 Å². The van der Waals surface area contributed by atoms with E-state index in [4.69, 9.17) is 16.3 Å². The molecule has 2 aromatic heterocycles. The Hall–Kier alpha value is -3.59. The molecule has 7 nitrogen and oxygen atoms in total. The van der Waals surface area contributed by atoms with Gasteiger partial charge in [0.2, 0.25) is 0 Å². The second kappa shape index (κ2) is 10.2. The molecule has 4 aromatic rings. The number of phenols is 1. The number of fused-ring (bicyclic) bond motifs is 1. The van der Waals surface area contributed by atoms with Crippen molar-refractivity contribution in [1.29, 1.82) is 0 Å². The van der Waals surface area contributed by atoms with Crippen LogP contribution in [-0.4, -0.2) is 44.2 Å². The summed E-state index contributed by atoms with van der Waals surface area (Å²) in [5.74, 6) is -0.981. The normalized spacial score (nSPS) is 15.9. The minimum atomic E-state index is -0.859. The molecular weight excluding hydrogens is 488 g/mol. The fourth-order valence-electron chi connectivity index (χ4n) is 4.54. The zero-order valence-electron chi connectivity index (χ0n) is 19.6. The zero-order chi connectivity index (χ0) is 25.2. The number of benzene rings is 2. The third kappa shape index (κ3) is 4.63. The minimum Gasteiger partial charge on any atom is -0.507 e. The Balaban J connectivity index is 1.63. The monoisotopic (exact) mass is 511 g/mol. The molecule has 1 N–H and O–H groups in total. The van der Waals surface area contributed by atoms with Gasteiger partial charge in [-0.05, 0) is 50.5 Å². The Kier molecular flexibility index (Phi) is 6.82. The van der Waals surface area contributed by atoms with Gasteiger partial charge in [-0.25, -0.2) is 18.7 Å². The molecule has 0 radical (unpaired) electrons. The van der Waals surface area contributed by atoms with Gasteiger partial charge in [-0.3, -0.25) is 0 Å². The van der Waals surface area contributed by atoms with Gasteiger partial charge in [0.1, 0.15) is 28.7 Å². The number of aromatic hydroxyl groups is 1. The van der Waals surface area contributed by atoms with Crippen LogP contribution in [-0.2, 0) is 6.42 Å². The number of phenolic OH excluding ortho intramolecular Hbond substituents is 1. The summed E-state index contributed by atoms with van der Waals surface area (Å²) in [6.45, 7) is 3.00. The van der Waals surface area contributed by atoms with Crippen molar-refractivity contribution in [2.24, 2.45) is 0 Å². The molecule has 0 saturated carbocycles. The first kappa shape index (κ1) is 24.1. The molecule has 0 aliphatic carbocycles. The smallest absolute Gasteiger partial charge is 0.319 e. The molecule has 186 valence electrons. The average molecular weight is 512 g/mol. The molecule has 0 unspecified atom stereocenters. The van der Waals surface area contributed by atoms with Crippen molar-refractivity contribution in [3.8, 4) is 22.9 Å². The molecule has 1 aliphatic rings. The number of nitrogens with zero attached hydrogens (tertiary/aromatic N) is 5. The van der Waals surface area contributed by atoms with Crippen LogP contribution in [0.25, 0.3) is 22.0 Å². The van der Waals surface area contributed by atoms with Gasteiger partial charge < -0.3 is 14.7 Å². The third-order valence-corrected chi connectivity index (χ3v) is 6.63. The van der Waals surface area contributed by atoms with Crippen LogP contribution >= 0.6 is 11.6 Å². The predicted molar refractivity (Wildman–Crippen MR) is 133 cm³/mol. The lowest BCUT2D eigenvalue weighted by atomic mass is 9.99. The van der Waals surface area contributed by atoms with Gasteiger partial charge >= 0.3 is 6.01 Å². The lowest BCUT2D eigenvalue weighted by molar-refractivity contribution is 0.294. The lowest BCUT2D eigenvalue weighted by Crippen LogP contribution is -2.38. The standard InChI is InChI=1S/C26H24ClF2N5O2/c1-15-6-2-3-12-34(15)25-16-14-17(27)21(22-18(28)7-4-8-19(22)35)23(29)24(16)32-26(33-25)36-13-9-20-30-10-5-11-31-20/h4-5,7-8,10-11,14-15,35H,2-3,6,9,12-13H2,1H3/t15-/m0/s1. The van der Waals surface area contributed by atoms with Crippen LogP contribution in [0, 0.1) is 11.6 Å². The van der Waals surface area contributed by atoms with E-state index in [0.29, 0.717) is 23.4 Å². The highest BCUT2D eigenvalue weighted by molar-refractivity contribution is 6.34. The van der Waals surface area contributed by atoms with E-state index < -0.39 is 17.4 Å². The molecule has 0 bridgehead atoms. The summed E-state index contributed by atoms with van der Waals surface area (Å²) in [5, 5.41) is 10.6. The van der Waals surface area contributed by atoms with Gasteiger partial charge in [-0.1, -0.05) is 17.7 Å². The summed E-state index contributed by atoms with van der Waals surface area (Å²) in [6.07, 6.45) is 6.72. The second-order valence-corrected chi connectivity index (χ2v) is 9.12. The fraction of sp³-hybridized carbons (Fsp3) is 0.308. The number of hydrogen-bond donors (Lipinski definition) is 1. The second-order valence-electron chi connectivity index (χ2n) is 8.71. The van der Waals surface area contributed by atoms with Crippen LogP contribution < -0.4 is 9.64 Å². The average Bonchev–Trinajstić information content (AvgIpc) is 2.87. The van der Waals surface area contributed by atoms with Crippen LogP contribution in [0.1, 0.15) is 32.0 Å². The topological polar surface area (TPSA) is 84.3 Å². The summed E-state index contributed by atoms with van der Waals surface area (Å²) >= 11 is 6.49. The first-order valence-electron chi connectivity index (χ1n) is 11.8. The molecule has 5 rings (SSSR count). The molecule has 3 heterocycles. The molecule has 36 heavy (non-hydrogen) atoms. The van der Waals surface area contributed by atoms with Crippen LogP contribution in [0.15, 0.2) is 42.7 Å². The van der Waals surface area contributed by atoms with Crippen molar-refractivity contribution in [3.63, 3.8) is 0 Å². The number of aromatic nitrogens is 4. The Morgan fingerprint density at radius 1 is 1.11 bits per heavy atom. The number of halogens is 3. The summed E-state index contributed by atoms with van der Waals surface area (Å²) in [7, 11) is 0. The van der Waals surface area contributed by atoms with Crippen molar-refractivity contribution >= 4 is 28.3 Å². The summed E-state index contributed by atoms with van der Waals surface area (Å²) in [4.78, 5) is 19.4. The summed E-state index contributed by atoms with van der Waals surface area (Å²) in [6, 6.07) is 7.15. The Morgan fingerprint density at radius 3 is 2.67 bits per heavy atom. The molecule has 0 spiro atoms. The maximum absolute atomic E-state index is 16.0. The maximum atomic E-state index is 16.0. The SMILES string of the molecule is C[C@H]1CCCCN1c1nc(OCCc2ncccn2)nc2c(F)c(-c3c(O)cccc3F)c(Cl)cc12. The van der Waals surface area contributed by atoms with E-state index in [1.807, 2.05) is 0 Å². The van der Waals surface area contributed by atoms with E-state index in [1.165, 1.54) is 18.2 Å². The Bertz CT molecular complexity index is 1390. The molecule has 10 heteroatoms. The van der Waals surface area contributed by atoms with Gasteiger partial charge in [0.25, 0.3) is 0 Å². The number of rotatable bonds is 6. The van der Waals surface area contributed by atoms with E-state index in [9.17, 15) is 9.50 Å². The first-order chi connectivity index (χ1) is 17.4. The third-order valence-electron chi connectivity index (χ3n) is 6.34. The maximum Gasteiger partial charge on any atom is 0.319 e. The van der Waals surface area contributed by atoms with E-state index in [-0.39, 0.29) is 40.3 Å². The van der Waals surface area contributed by atoms with Crippen molar-refractivity contribution < 1.29 is 18.6 Å². The largest absolute Gasteiger partial charge is 0.507 e. The molecule has 1 fully saturated rings. The van der Waals surface area contributed by atoms with Crippen molar-refractivity contribution in [3.05, 3.63) is 65.2 Å². The van der Waals surface area contributed by atoms with Gasteiger partial charge in [0.05, 0.1) is 17.2 Å². The van der Waals surface area contributed by atoms with Gasteiger partial charge in [-0.15, -0.1) is 0 Å². The highest BCUT2D eigenvalue weighted by Crippen LogP contribution is 2.43. The number of piperidine rings is 1. The van der Waals surface area contributed by atoms with Crippen LogP contribution in [0.4, 0.5) is 14.6 Å². The molecule has 0 amide bonds. The number of hydrogen-bond acceptors (Lipinski definition) is 7. The lowest BCUT2D eigenvalue weighted by Gasteiger charge is -2.35. The van der Waals surface area contributed by atoms with Gasteiger partial charge in [-0.2, -0.15) is 9.97 Å². The highest BCUT2D eigenvalue weighted by atomic mass is 35.5. The number of ether oxygens (including phenoxy) is 1. The zero-order valence-corrected chi connectivity index (χ0v) is 20.3. The van der Waals surface area contributed by atoms with Gasteiger partial charge in [0, 0.05) is 42.4 Å². The van der Waals surface area contributed by atoms with E-state index in [1.54, 1.807) is 18.5 Å². The van der Waals surface area contributed by atoms with Crippen molar-refractivity contribution in [2.45, 2.75) is 38.6 Å². The molecular formula is C26H24ClF2N5O2. The van der Waals surface area contributed by atoms with E-state index >= 15 is 4.39 Å². The summed E-state index contributed by atoms with van der Waals surface area (Å²) in [5.41, 5.74) is -0.650. The quantitative estimate of drug-likeness (QED) is 0.354. The van der Waals surface area contributed by atoms with E-state index in [0.717, 1.165) is 31.9 Å². The van der Waals surface area contributed by atoms with Crippen molar-refractivity contribution in [1.82, 2.24) is 19.9 Å². The molecule has 1 saturated heterocycles. The first-order valence-corrected chi connectivity index (χ1v) is 12.1. The Morgan fingerprint density at radius 2 is 1.92 bits per heavy atom. The Labute approximate surface area is 211 Å². The predicted octanol–water partition coefficient (Wildman–Crippen LogP) is 5.72. The van der Waals surface area contributed by atoms with Gasteiger partial charge in [0.15, 0.2) is 5.82 Å². The van der Waals surface area contributed by atoms with E-state index in [2.05, 4.69) is 31.8 Å². The highest BCUT2D eigenvalue weighted by Gasteiger charge is 2.27. The van der Waals surface area contributed by atoms with Crippen LogP contribution in [0.3, 0.4) is 0 Å². The molecule has 1 aliphatic heterocycles. The molecule has 1 atom stereocenters.